The molecule has 4 rings (SSSR count). The Morgan fingerprint density at radius 3 is 2.57 bits per heavy atom. The molecule has 1 aromatic heterocycles. The first-order valence-corrected chi connectivity index (χ1v) is 9.72. The summed E-state index contributed by atoms with van der Waals surface area (Å²) in [6.45, 7) is 6.98. The summed E-state index contributed by atoms with van der Waals surface area (Å²) in [5.74, 6) is -1.18. The number of hydrogen-bond donors (Lipinski definition) is 1. The van der Waals surface area contributed by atoms with E-state index in [-0.39, 0.29) is 17.2 Å². The van der Waals surface area contributed by atoms with Crippen LogP contribution in [-0.4, -0.2) is 15.9 Å². The Kier molecular flexibility index (Phi) is 6.67. The molecule has 1 N–H and O–H groups in total. The molecule has 0 unspecified atom stereocenters. The summed E-state index contributed by atoms with van der Waals surface area (Å²) in [7, 11) is 0. The number of allylic oxidation sites excluding steroid dienone is 1. The third-order valence-corrected chi connectivity index (χ3v) is 4.87. The van der Waals surface area contributed by atoms with Crippen LogP contribution in [0, 0.1) is 18.6 Å². The first-order valence-electron chi connectivity index (χ1n) is 9.72. The molecule has 4 nitrogen and oxygen atoms in total. The fourth-order valence-electron chi connectivity index (χ4n) is 3.43. The van der Waals surface area contributed by atoms with Crippen molar-refractivity contribution in [3.63, 3.8) is 0 Å². The molecule has 0 bridgehead atoms. The van der Waals surface area contributed by atoms with Crippen LogP contribution in [0.1, 0.15) is 40.4 Å². The number of halogens is 2. The first kappa shape index (κ1) is 21.3. The zero-order valence-corrected chi connectivity index (χ0v) is 17.0. The average Bonchev–Trinajstić information content (AvgIpc) is 3.21. The van der Waals surface area contributed by atoms with E-state index >= 15 is 0 Å². The Morgan fingerprint density at radius 2 is 1.90 bits per heavy atom. The zero-order chi connectivity index (χ0) is 21.7. The molecular weight excluding hydrogens is 384 g/mol. The maximum absolute atomic E-state index is 14.6. The number of benzene rings is 2. The highest BCUT2D eigenvalue weighted by Gasteiger charge is 2.21. The molecule has 1 amide bonds. The van der Waals surface area contributed by atoms with Crippen LogP contribution in [0.3, 0.4) is 0 Å². The number of anilines is 1. The molecule has 0 saturated carbocycles. The number of rotatable bonds is 3. The summed E-state index contributed by atoms with van der Waals surface area (Å²) in [5, 5.41) is 2.52. The number of carbonyl (C=O) groups is 1. The highest BCUT2D eigenvalue weighted by Crippen LogP contribution is 2.33. The lowest BCUT2D eigenvalue weighted by atomic mass is 9.98. The van der Waals surface area contributed by atoms with E-state index in [4.69, 9.17) is 0 Å². The largest absolute Gasteiger partial charge is 0.305 e. The summed E-state index contributed by atoms with van der Waals surface area (Å²) in [5.41, 5.74) is 3.54. The smallest absolute Gasteiger partial charge is 0.259 e. The number of amides is 1. The molecule has 0 atom stereocenters. The van der Waals surface area contributed by atoms with Gasteiger partial charge in [-0.1, -0.05) is 18.2 Å². The van der Waals surface area contributed by atoms with Gasteiger partial charge >= 0.3 is 0 Å². The van der Waals surface area contributed by atoms with Gasteiger partial charge in [0.25, 0.3) is 5.91 Å². The molecule has 154 valence electrons. The fraction of sp³-hybridized carbons (Fsp3) is 0.208. The van der Waals surface area contributed by atoms with Gasteiger partial charge < -0.3 is 5.32 Å². The predicted octanol–water partition coefficient (Wildman–Crippen LogP) is 5.66. The predicted molar refractivity (Wildman–Crippen MR) is 114 cm³/mol. The second kappa shape index (κ2) is 9.39. The molecule has 3 aromatic rings. The molecule has 30 heavy (non-hydrogen) atoms. The molecule has 0 aliphatic heterocycles. The number of carbonyl (C=O) groups excluding carboxylic acids is 1. The van der Waals surface area contributed by atoms with Gasteiger partial charge in [0.2, 0.25) is 0 Å². The number of hydrogen-bond acceptors (Lipinski definition) is 3. The Bertz CT molecular complexity index is 1080. The second-order valence-corrected chi connectivity index (χ2v) is 6.98. The van der Waals surface area contributed by atoms with E-state index in [2.05, 4.69) is 21.9 Å². The van der Waals surface area contributed by atoms with E-state index in [1.165, 1.54) is 30.6 Å². The SMILES string of the molecule is C=CC.Cc1c(-c2cnc(NC(=O)c3ccccc3F)cn2)cc2c(c1F)CCC2. The van der Waals surface area contributed by atoms with Crippen LogP contribution in [-0.2, 0) is 12.8 Å². The summed E-state index contributed by atoms with van der Waals surface area (Å²) in [6, 6.07) is 7.68. The number of nitrogens with zero attached hydrogens (tertiary/aromatic N) is 2. The van der Waals surface area contributed by atoms with Crippen LogP contribution >= 0.6 is 0 Å². The van der Waals surface area contributed by atoms with Gasteiger partial charge in [0.05, 0.1) is 23.7 Å². The zero-order valence-electron chi connectivity index (χ0n) is 17.0. The third-order valence-electron chi connectivity index (χ3n) is 4.87. The Balaban J connectivity index is 0.000000806. The lowest BCUT2D eigenvalue weighted by Gasteiger charge is -2.11. The lowest BCUT2D eigenvalue weighted by Crippen LogP contribution is -2.14. The van der Waals surface area contributed by atoms with Crippen molar-refractivity contribution in [3.05, 3.63) is 89.3 Å². The molecule has 0 radical (unpaired) electrons. The van der Waals surface area contributed by atoms with E-state index in [9.17, 15) is 13.6 Å². The molecule has 1 aliphatic carbocycles. The minimum Gasteiger partial charge on any atom is -0.305 e. The van der Waals surface area contributed by atoms with Crippen molar-refractivity contribution in [2.45, 2.75) is 33.1 Å². The van der Waals surface area contributed by atoms with Gasteiger partial charge in [0, 0.05) is 5.56 Å². The van der Waals surface area contributed by atoms with Crippen molar-refractivity contribution in [1.29, 1.82) is 0 Å². The second-order valence-electron chi connectivity index (χ2n) is 6.98. The van der Waals surface area contributed by atoms with Crippen LogP contribution in [0.5, 0.6) is 0 Å². The summed E-state index contributed by atoms with van der Waals surface area (Å²) in [6.07, 6.45) is 7.22. The minimum absolute atomic E-state index is 0.0695. The van der Waals surface area contributed by atoms with Gasteiger partial charge in [-0.2, -0.15) is 0 Å². The molecule has 6 heteroatoms. The average molecular weight is 407 g/mol. The van der Waals surface area contributed by atoms with Gasteiger partial charge in [-0.3, -0.25) is 9.78 Å². The van der Waals surface area contributed by atoms with Crippen molar-refractivity contribution in [2.24, 2.45) is 0 Å². The number of fused-ring (bicyclic) bond motifs is 1. The monoisotopic (exact) mass is 407 g/mol. The van der Waals surface area contributed by atoms with Crippen molar-refractivity contribution >= 4 is 11.7 Å². The maximum Gasteiger partial charge on any atom is 0.259 e. The summed E-state index contributed by atoms with van der Waals surface area (Å²) >= 11 is 0. The summed E-state index contributed by atoms with van der Waals surface area (Å²) < 4.78 is 28.3. The number of aryl methyl sites for hydroxylation is 1. The number of aromatic nitrogens is 2. The van der Waals surface area contributed by atoms with Gasteiger partial charge in [0.15, 0.2) is 5.82 Å². The van der Waals surface area contributed by atoms with E-state index in [0.29, 0.717) is 16.8 Å². The third kappa shape index (κ3) is 4.43. The Morgan fingerprint density at radius 1 is 1.17 bits per heavy atom. The van der Waals surface area contributed by atoms with E-state index in [0.717, 1.165) is 30.4 Å². The molecule has 0 spiro atoms. The van der Waals surface area contributed by atoms with Crippen LogP contribution < -0.4 is 5.32 Å². The maximum atomic E-state index is 14.6. The molecule has 1 aliphatic rings. The minimum atomic E-state index is -0.608. The molecule has 1 heterocycles. The van der Waals surface area contributed by atoms with Gasteiger partial charge in [-0.15, -0.1) is 6.58 Å². The lowest BCUT2D eigenvalue weighted by molar-refractivity contribution is 0.102. The standard InChI is InChI=1S/C21H17F2N3O.C3H6/c1-12-16(9-13-5-4-7-14(13)20(12)23)18-10-25-19(11-24-18)26-21(27)15-6-2-3-8-17(15)22;1-3-2/h2-3,6,8-11H,4-5,7H2,1H3,(H,25,26,27);3H,1H2,2H3. The van der Waals surface area contributed by atoms with Crippen LogP contribution in [0.15, 0.2) is 55.4 Å². The van der Waals surface area contributed by atoms with E-state index < -0.39 is 11.7 Å². The van der Waals surface area contributed by atoms with E-state index in [1.807, 2.05) is 13.0 Å². The molecule has 0 saturated heterocycles. The van der Waals surface area contributed by atoms with E-state index in [1.54, 1.807) is 19.1 Å². The number of nitrogens with one attached hydrogen (secondary N) is 1. The van der Waals surface area contributed by atoms with Crippen LogP contribution in [0.25, 0.3) is 11.3 Å². The van der Waals surface area contributed by atoms with Crippen LogP contribution in [0.4, 0.5) is 14.6 Å². The molecule has 0 fully saturated rings. The normalized spacial score (nSPS) is 11.9. The first-order chi connectivity index (χ1) is 14.5. The topological polar surface area (TPSA) is 54.9 Å². The van der Waals surface area contributed by atoms with Crippen LogP contribution in [0.2, 0.25) is 0 Å². The summed E-state index contributed by atoms with van der Waals surface area (Å²) in [4.78, 5) is 20.6. The van der Waals surface area contributed by atoms with Gasteiger partial charge in [-0.05, 0) is 68.0 Å². The fourth-order valence-corrected chi connectivity index (χ4v) is 3.43. The van der Waals surface area contributed by atoms with Gasteiger partial charge in [0.1, 0.15) is 11.6 Å². The highest BCUT2D eigenvalue weighted by molar-refractivity contribution is 6.03. The van der Waals surface area contributed by atoms with Crippen molar-refractivity contribution in [1.82, 2.24) is 9.97 Å². The molecule has 2 aromatic carbocycles. The highest BCUT2D eigenvalue weighted by atomic mass is 19.1. The van der Waals surface area contributed by atoms with Crippen molar-refractivity contribution < 1.29 is 13.6 Å². The van der Waals surface area contributed by atoms with Crippen molar-refractivity contribution in [3.8, 4) is 11.3 Å². The molecular formula is C24H23F2N3O. The van der Waals surface area contributed by atoms with Crippen molar-refractivity contribution in [2.75, 3.05) is 5.32 Å². The Labute approximate surface area is 174 Å². The quantitative estimate of drug-likeness (QED) is 0.570. The Hall–Kier alpha value is -3.41. The van der Waals surface area contributed by atoms with Gasteiger partial charge in [-0.25, -0.2) is 13.8 Å².